The van der Waals surface area contributed by atoms with Gasteiger partial charge in [0.25, 0.3) is 0 Å². The Morgan fingerprint density at radius 1 is 1.20 bits per heavy atom. The molecule has 0 saturated carbocycles. The Morgan fingerprint density at radius 2 is 1.90 bits per heavy atom. The van der Waals surface area contributed by atoms with Gasteiger partial charge < -0.3 is 4.90 Å². The third kappa shape index (κ3) is 2.46. The normalized spacial score (nSPS) is 10.6. The zero-order valence-corrected chi connectivity index (χ0v) is 12.7. The van der Waals surface area contributed by atoms with Crippen LogP contribution in [0.1, 0.15) is 30.5 Å². The van der Waals surface area contributed by atoms with Gasteiger partial charge in [0.2, 0.25) is 0 Å². The van der Waals surface area contributed by atoms with Crippen molar-refractivity contribution in [2.24, 2.45) is 0 Å². The standard InChI is InChI=1S/C17H21N3/c1-5-20(6-2)17-15(9-10-18)11-14-8-7-12(3)13(4)16(14)19-17/h7-8,11H,5-6,9H2,1-4H3. The third-order valence-corrected chi connectivity index (χ3v) is 3.90. The lowest BCUT2D eigenvalue weighted by molar-refractivity contribution is 0.841. The minimum atomic E-state index is 0.404. The van der Waals surface area contributed by atoms with Gasteiger partial charge in [-0.3, -0.25) is 0 Å². The Balaban J connectivity index is 2.73. The number of aromatic nitrogens is 1. The van der Waals surface area contributed by atoms with Crippen molar-refractivity contribution >= 4 is 16.7 Å². The first kappa shape index (κ1) is 14.3. The quantitative estimate of drug-likeness (QED) is 0.846. The van der Waals surface area contributed by atoms with Gasteiger partial charge in [0, 0.05) is 24.0 Å². The molecule has 2 rings (SSSR count). The van der Waals surface area contributed by atoms with Crippen molar-refractivity contribution in [1.29, 1.82) is 5.26 Å². The van der Waals surface area contributed by atoms with Crippen LogP contribution in [-0.4, -0.2) is 18.1 Å². The molecular formula is C17H21N3. The number of hydrogen-bond acceptors (Lipinski definition) is 3. The van der Waals surface area contributed by atoms with Gasteiger partial charge in [0.05, 0.1) is 18.0 Å². The molecule has 0 radical (unpaired) electrons. The van der Waals surface area contributed by atoms with Crippen molar-refractivity contribution in [3.05, 3.63) is 34.9 Å². The van der Waals surface area contributed by atoms with E-state index in [1.807, 2.05) is 0 Å². The zero-order valence-electron chi connectivity index (χ0n) is 12.7. The molecule has 3 nitrogen and oxygen atoms in total. The molecule has 1 aromatic carbocycles. The second-order valence-electron chi connectivity index (χ2n) is 5.06. The Labute approximate surface area is 120 Å². The minimum absolute atomic E-state index is 0.404. The highest BCUT2D eigenvalue weighted by Crippen LogP contribution is 2.27. The highest BCUT2D eigenvalue weighted by atomic mass is 15.2. The SMILES string of the molecule is CCN(CC)c1nc2c(C)c(C)ccc2cc1CC#N. The van der Waals surface area contributed by atoms with Crippen molar-refractivity contribution in [2.75, 3.05) is 18.0 Å². The van der Waals surface area contributed by atoms with E-state index in [2.05, 4.69) is 56.9 Å². The molecule has 0 saturated heterocycles. The molecule has 0 amide bonds. The molecule has 0 aliphatic heterocycles. The fourth-order valence-corrected chi connectivity index (χ4v) is 2.53. The molecule has 0 bridgehead atoms. The molecule has 0 atom stereocenters. The minimum Gasteiger partial charge on any atom is -0.357 e. The van der Waals surface area contributed by atoms with E-state index < -0.39 is 0 Å². The number of nitrogens with zero attached hydrogens (tertiary/aromatic N) is 3. The molecule has 1 aromatic heterocycles. The van der Waals surface area contributed by atoms with Crippen LogP contribution < -0.4 is 4.90 Å². The molecule has 3 heteroatoms. The fraction of sp³-hybridized carbons (Fsp3) is 0.412. The van der Waals surface area contributed by atoms with E-state index in [0.29, 0.717) is 6.42 Å². The molecule has 1 heterocycles. The molecule has 2 aromatic rings. The van der Waals surface area contributed by atoms with E-state index in [-0.39, 0.29) is 0 Å². The summed E-state index contributed by atoms with van der Waals surface area (Å²) in [6, 6.07) is 8.58. The van der Waals surface area contributed by atoms with Gasteiger partial charge in [-0.25, -0.2) is 4.98 Å². The smallest absolute Gasteiger partial charge is 0.133 e. The lowest BCUT2D eigenvalue weighted by Crippen LogP contribution is -2.24. The van der Waals surface area contributed by atoms with Crippen LogP contribution in [0.2, 0.25) is 0 Å². The zero-order chi connectivity index (χ0) is 14.7. The Hall–Kier alpha value is -2.08. The van der Waals surface area contributed by atoms with Gasteiger partial charge in [0.1, 0.15) is 5.82 Å². The highest BCUT2D eigenvalue weighted by molar-refractivity contribution is 5.85. The number of hydrogen-bond donors (Lipinski definition) is 0. The summed E-state index contributed by atoms with van der Waals surface area (Å²) in [6.07, 6.45) is 0.404. The van der Waals surface area contributed by atoms with E-state index in [0.717, 1.165) is 35.4 Å². The Kier molecular flexibility index (Phi) is 4.24. The van der Waals surface area contributed by atoms with Crippen LogP contribution in [0.4, 0.5) is 5.82 Å². The van der Waals surface area contributed by atoms with Crippen LogP contribution in [0, 0.1) is 25.2 Å². The maximum absolute atomic E-state index is 9.05. The van der Waals surface area contributed by atoms with Gasteiger partial charge in [-0.1, -0.05) is 12.1 Å². The van der Waals surface area contributed by atoms with E-state index in [4.69, 9.17) is 10.2 Å². The average Bonchev–Trinajstić information content (AvgIpc) is 2.45. The van der Waals surface area contributed by atoms with Crippen molar-refractivity contribution in [3.63, 3.8) is 0 Å². The molecule has 0 N–H and O–H groups in total. The first-order valence-corrected chi connectivity index (χ1v) is 7.14. The summed E-state index contributed by atoms with van der Waals surface area (Å²) in [5, 5.41) is 10.2. The lowest BCUT2D eigenvalue weighted by atomic mass is 10.0. The van der Waals surface area contributed by atoms with Crippen LogP contribution in [0.5, 0.6) is 0 Å². The van der Waals surface area contributed by atoms with Gasteiger partial charge >= 0.3 is 0 Å². The Morgan fingerprint density at radius 3 is 2.50 bits per heavy atom. The maximum Gasteiger partial charge on any atom is 0.133 e. The Bertz CT molecular complexity index is 664. The molecule has 0 fully saturated rings. The molecule has 104 valence electrons. The van der Waals surface area contributed by atoms with Gasteiger partial charge in [-0.15, -0.1) is 0 Å². The van der Waals surface area contributed by atoms with Crippen LogP contribution >= 0.6 is 0 Å². The number of fused-ring (bicyclic) bond motifs is 1. The summed E-state index contributed by atoms with van der Waals surface area (Å²) >= 11 is 0. The predicted octanol–water partition coefficient (Wildman–Crippen LogP) is 3.76. The second kappa shape index (κ2) is 5.92. The third-order valence-electron chi connectivity index (χ3n) is 3.90. The van der Waals surface area contributed by atoms with E-state index in [9.17, 15) is 0 Å². The summed E-state index contributed by atoms with van der Waals surface area (Å²) in [5.41, 5.74) is 4.54. The monoisotopic (exact) mass is 267 g/mol. The first-order valence-electron chi connectivity index (χ1n) is 7.14. The van der Waals surface area contributed by atoms with Crippen LogP contribution in [0.25, 0.3) is 10.9 Å². The summed E-state index contributed by atoms with van der Waals surface area (Å²) < 4.78 is 0. The topological polar surface area (TPSA) is 39.9 Å². The number of anilines is 1. The maximum atomic E-state index is 9.05. The number of nitriles is 1. The first-order chi connectivity index (χ1) is 9.62. The lowest BCUT2D eigenvalue weighted by Gasteiger charge is -2.23. The fourth-order valence-electron chi connectivity index (χ4n) is 2.53. The number of pyridine rings is 1. The van der Waals surface area contributed by atoms with E-state index >= 15 is 0 Å². The van der Waals surface area contributed by atoms with Gasteiger partial charge in [0.15, 0.2) is 0 Å². The van der Waals surface area contributed by atoms with Crippen molar-refractivity contribution < 1.29 is 0 Å². The summed E-state index contributed by atoms with van der Waals surface area (Å²) in [5.74, 6) is 0.956. The van der Waals surface area contributed by atoms with Crippen molar-refractivity contribution in [3.8, 4) is 6.07 Å². The largest absolute Gasteiger partial charge is 0.357 e. The van der Waals surface area contributed by atoms with E-state index in [1.54, 1.807) is 0 Å². The molecule has 0 spiro atoms. The van der Waals surface area contributed by atoms with Crippen LogP contribution in [0.3, 0.4) is 0 Å². The van der Waals surface area contributed by atoms with Gasteiger partial charge in [-0.2, -0.15) is 5.26 Å². The highest BCUT2D eigenvalue weighted by Gasteiger charge is 2.13. The molecule has 0 unspecified atom stereocenters. The number of rotatable bonds is 4. The summed E-state index contributed by atoms with van der Waals surface area (Å²) in [4.78, 5) is 7.09. The van der Waals surface area contributed by atoms with Crippen LogP contribution in [0.15, 0.2) is 18.2 Å². The van der Waals surface area contributed by atoms with Crippen molar-refractivity contribution in [1.82, 2.24) is 4.98 Å². The van der Waals surface area contributed by atoms with Crippen molar-refractivity contribution in [2.45, 2.75) is 34.1 Å². The van der Waals surface area contributed by atoms with E-state index in [1.165, 1.54) is 11.1 Å². The number of benzene rings is 1. The molecular weight excluding hydrogens is 246 g/mol. The summed E-state index contributed by atoms with van der Waals surface area (Å²) in [6.45, 7) is 10.3. The molecule has 0 aliphatic carbocycles. The molecule has 20 heavy (non-hydrogen) atoms. The second-order valence-corrected chi connectivity index (χ2v) is 5.06. The van der Waals surface area contributed by atoms with Gasteiger partial charge in [-0.05, 0) is 44.9 Å². The average molecular weight is 267 g/mol. The predicted molar refractivity (Wildman–Crippen MR) is 84.1 cm³/mol. The molecule has 0 aliphatic rings. The van der Waals surface area contributed by atoms with Crippen LogP contribution in [-0.2, 0) is 6.42 Å². The number of aryl methyl sites for hydroxylation is 2. The summed E-state index contributed by atoms with van der Waals surface area (Å²) in [7, 11) is 0.